The van der Waals surface area contributed by atoms with Gasteiger partial charge in [0.1, 0.15) is 0 Å². The van der Waals surface area contributed by atoms with Crippen LogP contribution in [-0.2, 0) is 9.59 Å². The number of carbonyl (C=O) groups excluding carboxylic acids is 2. The maximum absolute atomic E-state index is 12.6. The molecule has 0 bridgehead atoms. The standard InChI is InChI=1S/C22H29ClN4O2S2/c1-3-4-5-15-7-9-16(10-8-15)20(29)25-21-26-27-22(31-21)30-13-19(28)24-17-11-6-14(2)18(23)12-17/h6,11-12,15-16H,3-5,7-10,13H2,1-2H3,(H,24,28)(H,25,26,29). The number of benzene rings is 1. The van der Waals surface area contributed by atoms with Crippen LogP contribution in [0.4, 0.5) is 10.8 Å². The monoisotopic (exact) mass is 480 g/mol. The number of nitrogens with one attached hydrogen (secondary N) is 2. The minimum atomic E-state index is -0.148. The molecular weight excluding hydrogens is 452 g/mol. The Morgan fingerprint density at radius 2 is 1.97 bits per heavy atom. The van der Waals surface area contributed by atoms with Gasteiger partial charge in [0.15, 0.2) is 4.34 Å². The van der Waals surface area contributed by atoms with Crippen LogP contribution >= 0.6 is 34.7 Å². The predicted molar refractivity (Wildman–Crippen MR) is 129 cm³/mol. The van der Waals surface area contributed by atoms with E-state index in [4.69, 9.17) is 11.6 Å². The molecule has 1 saturated carbocycles. The highest BCUT2D eigenvalue weighted by atomic mass is 35.5. The van der Waals surface area contributed by atoms with Gasteiger partial charge in [0, 0.05) is 16.6 Å². The maximum Gasteiger partial charge on any atom is 0.234 e. The summed E-state index contributed by atoms with van der Waals surface area (Å²) in [5.41, 5.74) is 1.62. The van der Waals surface area contributed by atoms with Crippen LogP contribution in [0.1, 0.15) is 57.4 Å². The van der Waals surface area contributed by atoms with Crippen molar-refractivity contribution in [2.75, 3.05) is 16.4 Å². The van der Waals surface area contributed by atoms with Crippen LogP contribution in [0.25, 0.3) is 0 Å². The molecule has 3 rings (SSSR count). The van der Waals surface area contributed by atoms with Gasteiger partial charge in [0.25, 0.3) is 0 Å². The average Bonchev–Trinajstić information content (AvgIpc) is 3.21. The number of hydrogen-bond donors (Lipinski definition) is 2. The zero-order valence-electron chi connectivity index (χ0n) is 17.9. The summed E-state index contributed by atoms with van der Waals surface area (Å²) in [6.45, 7) is 4.13. The number of halogens is 1. The molecule has 31 heavy (non-hydrogen) atoms. The van der Waals surface area contributed by atoms with Crippen LogP contribution in [0.15, 0.2) is 22.5 Å². The number of hydrogen-bond acceptors (Lipinski definition) is 6. The Kier molecular flexibility index (Phi) is 9.16. The molecule has 2 amide bonds. The highest BCUT2D eigenvalue weighted by Crippen LogP contribution is 2.33. The molecular formula is C22H29ClN4O2S2. The second-order valence-electron chi connectivity index (χ2n) is 8.02. The average molecular weight is 481 g/mol. The summed E-state index contributed by atoms with van der Waals surface area (Å²) < 4.78 is 0.649. The van der Waals surface area contributed by atoms with Gasteiger partial charge < -0.3 is 10.6 Å². The molecule has 2 aromatic rings. The third-order valence-electron chi connectivity index (χ3n) is 5.60. The van der Waals surface area contributed by atoms with Gasteiger partial charge in [-0.15, -0.1) is 10.2 Å². The van der Waals surface area contributed by atoms with E-state index < -0.39 is 0 Å². The van der Waals surface area contributed by atoms with Crippen molar-refractivity contribution in [1.29, 1.82) is 0 Å². The van der Waals surface area contributed by atoms with E-state index >= 15 is 0 Å². The smallest absolute Gasteiger partial charge is 0.234 e. The number of anilines is 2. The van der Waals surface area contributed by atoms with Crippen LogP contribution in [0.5, 0.6) is 0 Å². The van der Waals surface area contributed by atoms with Gasteiger partial charge in [-0.05, 0) is 56.2 Å². The first-order valence-corrected chi connectivity index (χ1v) is 13.0. The van der Waals surface area contributed by atoms with Gasteiger partial charge in [-0.3, -0.25) is 9.59 Å². The van der Waals surface area contributed by atoms with Gasteiger partial charge >= 0.3 is 0 Å². The summed E-state index contributed by atoms with van der Waals surface area (Å²) >= 11 is 8.68. The van der Waals surface area contributed by atoms with E-state index in [2.05, 4.69) is 27.8 Å². The third kappa shape index (κ3) is 7.47. The third-order valence-corrected chi connectivity index (χ3v) is 7.98. The van der Waals surface area contributed by atoms with Crippen molar-refractivity contribution < 1.29 is 9.59 Å². The highest BCUT2D eigenvalue weighted by Gasteiger charge is 2.26. The Bertz CT molecular complexity index is 897. The fourth-order valence-electron chi connectivity index (χ4n) is 3.73. The van der Waals surface area contributed by atoms with Crippen LogP contribution < -0.4 is 10.6 Å². The lowest BCUT2D eigenvalue weighted by molar-refractivity contribution is -0.121. The van der Waals surface area contributed by atoms with Crippen LogP contribution in [0.3, 0.4) is 0 Å². The van der Waals surface area contributed by atoms with Crippen molar-refractivity contribution in [1.82, 2.24) is 10.2 Å². The van der Waals surface area contributed by atoms with Crippen molar-refractivity contribution in [2.45, 2.75) is 63.1 Å². The number of aromatic nitrogens is 2. The van der Waals surface area contributed by atoms with E-state index in [9.17, 15) is 9.59 Å². The number of aryl methyl sites for hydroxylation is 1. The molecule has 0 aliphatic heterocycles. The number of amides is 2. The van der Waals surface area contributed by atoms with Crippen molar-refractivity contribution in [3.8, 4) is 0 Å². The first-order valence-electron chi connectivity index (χ1n) is 10.8. The second-order valence-corrected chi connectivity index (χ2v) is 10.6. The quantitative estimate of drug-likeness (QED) is 0.331. The van der Waals surface area contributed by atoms with Gasteiger partial charge in [-0.1, -0.05) is 67.0 Å². The van der Waals surface area contributed by atoms with E-state index in [0.29, 0.717) is 20.2 Å². The Balaban J connectivity index is 1.41. The van der Waals surface area contributed by atoms with E-state index in [1.165, 1.54) is 42.4 Å². The molecule has 0 saturated heterocycles. The van der Waals surface area contributed by atoms with Crippen LogP contribution in [0, 0.1) is 18.8 Å². The fraction of sp³-hybridized carbons (Fsp3) is 0.545. The summed E-state index contributed by atoms with van der Waals surface area (Å²) in [6.07, 6.45) is 7.97. The lowest BCUT2D eigenvalue weighted by Crippen LogP contribution is -2.27. The fourth-order valence-corrected chi connectivity index (χ4v) is 5.46. The van der Waals surface area contributed by atoms with Gasteiger partial charge in [-0.2, -0.15) is 0 Å². The topological polar surface area (TPSA) is 84.0 Å². The lowest BCUT2D eigenvalue weighted by Gasteiger charge is -2.27. The Morgan fingerprint density at radius 3 is 2.68 bits per heavy atom. The molecule has 1 heterocycles. The normalized spacial score (nSPS) is 18.5. The molecule has 0 spiro atoms. The summed E-state index contributed by atoms with van der Waals surface area (Å²) in [5.74, 6) is 0.928. The SMILES string of the molecule is CCCCC1CCC(C(=O)Nc2nnc(SCC(=O)Nc3ccc(C)c(Cl)c3)s2)CC1. The van der Waals surface area contributed by atoms with E-state index in [1.54, 1.807) is 6.07 Å². The largest absolute Gasteiger partial charge is 0.325 e. The molecule has 1 aliphatic rings. The first kappa shape index (κ1) is 24.0. The summed E-state index contributed by atoms with van der Waals surface area (Å²) in [7, 11) is 0. The minimum absolute atomic E-state index is 0.0376. The number of thioether (sulfide) groups is 1. The molecule has 2 N–H and O–H groups in total. The van der Waals surface area contributed by atoms with E-state index in [0.717, 1.165) is 37.2 Å². The Labute approximate surface area is 196 Å². The molecule has 1 fully saturated rings. The van der Waals surface area contributed by atoms with Crippen LogP contribution in [0.2, 0.25) is 5.02 Å². The molecule has 1 aliphatic carbocycles. The summed E-state index contributed by atoms with van der Waals surface area (Å²) in [5, 5.41) is 15.0. The summed E-state index contributed by atoms with van der Waals surface area (Å²) in [4.78, 5) is 24.7. The Morgan fingerprint density at radius 1 is 1.19 bits per heavy atom. The van der Waals surface area contributed by atoms with E-state index in [1.807, 2.05) is 19.1 Å². The minimum Gasteiger partial charge on any atom is -0.325 e. The van der Waals surface area contributed by atoms with Crippen molar-refractivity contribution >= 4 is 57.3 Å². The summed E-state index contributed by atoms with van der Waals surface area (Å²) in [6, 6.07) is 5.41. The molecule has 6 nitrogen and oxygen atoms in total. The molecule has 9 heteroatoms. The molecule has 0 atom stereocenters. The number of carbonyl (C=O) groups is 2. The van der Waals surface area contributed by atoms with Crippen molar-refractivity contribution in [3.05, 3.63) is 28.8 Å². The molecule has 0 unspecified atom stereocenters. The molecule has 0 radical (unpaired) electrons. The number of nitrogens with zero attached hydrogens (tertiary/aromatic N) is 2. The van der Waals surface area contributed by atoms with E-state index in [-0.39, 0.29) is 23.5 Å². The zero-order valence-corrected chi connectivity index (χ0v) is 20.3. The Hall–Kier alpha value is -1.64. The van der Waals surface area contributed by atoms with Crippen LogP contribution in [-0.4, -0.2) is 27.8 Å². The number of rotatable bonds is 9. The second kappa shape index (κ2) is 11.8. The highest BCUT2D eigenvalue weighted by molar-refractivity contribution is 8.01. The van der Waals surface area contributed by atoms with Gasteiger partial charge in [-0.25, -0.2) is 0 Å². The zero-order chi connectivity index (χ0) is 22.2. The molecule has 1 aromatic carbocycles. The number of unbranched alkanes of at least 4 members (excludes halogenated alkanes) is 1. The maximum atomic E-state index is 12.6. The molecule has 1 aromatic heterocycles. The van der Waals surface area contributed by atoms with Gasteiger partial charge in [0.2, 0.25) is 16.9 Å². The van der Waals surface area contributed by atoms with Crippen molar-refractivity contribution in [2.24, 2.45) is 11.8 Å². The van der Waals surface area contributed by atoms with Crippen molar-refractivity contribution in [3.63, 3.8) is 0 Å². The predicted octanol–water partition coefficient (Wildman–Crippen LogP) is 6.17. The lowest BCUT2D eigenvalue weighted by atomic mass is 9.79. The first-order chi connectivity index (χ1) is 14.9. The van der Waals surface area contributed by atoms with Gasteiger partial charge in [0.05, 0.1) is 5.75 Å². The molecule has 168 valence electrons.